The number of nitrogen functional groups attached to an aromatic ring is 1. The Bertz CT molecular complexity index is 567. The highest BCUT2D eigenvalue weighted by Gasteiger charge is 2.18. The van der Waals surface area contributed by atoms with Crippen molar-refractivity contribution >= 4 is 15.7 Å². The zero-order chi connectivity index (χ0) is 15.5. The Morgan fingerprint density at radius 3 is 2.48 bits per heavy atom. The average Bonchev–Trinajstić information content (AvgIpc) is 2.45. The average molecular weight is 310 g/mol. The van der Waals surface area contributed by atoms with E-state index in [0.29, 0.717) is 18.2 Å². The number of benzene rings is 1. The predicted octanol–water partition coefficient (Wildman–Crippen LogP) is 3.13. The molecule has 0 unspecified atom stereocenters. The molecule has 0 heterocycles. The Balaban J connectivity index is 1.98. The topological polar surface area (TPSA) is 72.2 Å². The van der Waals surface area contributed by atoms with Crippen molar-refractivity contribution < 1.29 is 8.42 Å². The molecule has 0 radical (unpaired) electrons. The fraction of sp³-hybridized carbons (Fsp3) is 0.625. The fourth-order valence-electron chi connectivity index (χ4n) is 2.96. The van der Waals surface area contributed by atoms with Gasteiger partial charge in [-0.2, -0.15) is 0 Å². The normalized spacial score (nSPS) is 17.0. The second-order valence-electron chi connectivity index (χ2n) is 6.14. The van der Waals surface area contributed by atoms with E-state index < -0.39 is 10.0 Å². The first-order chi connectivity index (χ1) is 9.90. The van der Waals surface area contributed by atoms with E-state index in [0.717, 1.165) is 17.5 Å². The van der Waals surface area contributed by atoms with Crippen molar-refractivity contribution in [3.63, 3.8) is 0 Å². The maximum Gasteiger partial charge on any atom is 0.240 e. The van der Waals surface area contributed by atoms with Crippen LogP contribution in [0.4, 0.5) is 5.69 Å². The summed E-state index contributed by atoms with van der Waals surface area (Å²) in [5.74, 6) is 0.672. The van der Waals surface area contributed by atoms with E-state index >= 15 is 0 Å². The van der Waals surface area contributed by atoms with Crippen molar-refractivity contribution in [2.45, 2.75) is 57.3 Å². The first kappa shape index (κ1) is 16.3. The summed E-state index contributed by atoms with van der Waals surface area (Å²) in [6, 6.07) is 3.24. The molecule has 1 aromatic rings. The molecule has 0 saturated heterocycles. The maximum atomic E-state index is 12.3. The molecule has 0 aromatic heterocycles. The van der Waals surface area contributed by atoms with Crippen molar-refractivity contribution in [1.29, 1.82) is 0 Å². The van der Waals surface area contributed by atoms with E-state index in [2.05, 4.69) is 4.72 Å². The highest BCUT2D eigenvalue weighted by atomic mass is 32.2. The van der Waals surface area contributed by atoms with Gasteiger partial charge in [-0.1, -0.05) is 32.1 Å². The van der Waals surface area contributed by atoms with Crippen LogP contribution in [0.1, 0.15) is 49.7 Å². The molecule has 5 heteroatoms. The lowest BCUT2D eigenvalue weighted by molar-refractivity contribution is 0.339. The van der Waals surface area contributed by atoms with Gasteiger partial charge in [-0.15, -0.1) is 0 Å². The van der Waals surface area contributed by atoms with E-state index in [1.807, 2.05) is 13.8 Å². The van der Waals surface area contributed by atoms with Gasteiger partial charge < -0.3 is 5.73 Å². The second-order valence-corrected chi connectivity index (χ2v) is 7.91. The van der Waals surface area contributed by atoms with Gasteiger partial charge in [-0.3, -0.25) is 0 Å². The zero-order valence-corrected chi connectivity index (χ0v) is 13.8. The van der Waals surface area contributed by atoms with Crippen LogP contribution in [0.5, 0.6) is 0 Å². The molecule has 118 valence electrons. The summed E-state index contributed by atoms with van der Waals surface area (Å²) in [7, 11) is -3.45. The van der Waals surface area contributed by atoms with E-state index in [4.69, 9.17) is 5.73 Å². The largest absolute Gasteiger partial charge is 0.398 e. The highest BCUT2D eigenvalue weighted by molar-refractivity contribution is 7.89. The van der Waals surface area contributed by atoms with E-state index in [-0.39, 0.29) is 4.90 Å². The van der Waals surface area contributed by atoms with Gasteiger partial charge in [0.25, 0.3) is 0 Å². The lowest BCUT2D eigenvalue weighted by Crippen LogP contribution is -2.27. The lowest BCUT2D eigenvalue weighted by Gasteiger charge is -2.21. The number of anilines is 1. The van der Waals surface area contributed by atoms with E-state index in [9.17, 15) is 8.42 Å². The Labute approximate surface area is 128 Å². The summed E-state index contributed by atoms with van der Waals surface area (Å²) >= 11 is 0. The molecule has 1 aliphatic carbocycles. The van der Waals surface area contributed by atoms with Crippen LogP contribution in [0.25, 0.3) is 0 Å². The van der Waals surface area contributed by atoms with Gasteiger partial charge in [0.05, 0.1) is 4.90 Å². The van der Waals surface area contributed by atoms with Crippen molar-refractivity contribution in [3.05, 3.63) is 23.3 Å². The molecule has 0 atom stereocenters. The Kier molecular flexibility index (Phi) is 5.27. The Morgan fingerprint density at radius 1 is 1.19 bits per heavy atom. The third-order valence-electron chi connectivity index (χ3n) is 4.56. The van der Waals surface area contributed by atoms with Crippen LogP contribution in [-0.2, 0) is 10.0 Å². The molecular formula is C16H26N2O2S. The van der Waals surface area contributed by atoms with Gasteiger partial charge in [-0.05, 0) is 49.4 Å². The molecule has 3 N–H and O–H groups in total. The van der Waals surface area contributed by atoms with Gasteiger partial charge in [0.2, 0.25) is 10.0 Å². The van der Waals surface area contributed by atoms with Crippen molar-refractivity contribution in [1.82, 2.24) is 4.72 Å². The minimum absolute atomic E-state index is 0.270. The Hall–Kier alpha value is -1.07. The van der Waals surface area contributed by atoms with Gasteiger partial charge in [-0.25, -0.2) is 13.1 Å². The summed E-state index contributed by atoms with van der Waals surface area (Å²) in [6.45, 7) is 4.30. The maximum absolute atomic E-state index is 12.3. The fourth-order valence-corrected chi connectivity index (χ4v) is 4.13. The lowest BCUT2D eigenvalue weighted by atomic mass is 9.87. The number of hydrogen-bond acceptors (Lipinski definition) is 3. The summed E-state index contributed by atoms with van der Waals surface area (Å²) in [5.41, 5.74) is 8.25. The van der Waals surface area contributed by atoms with Crippen LogP contribution in [0, 0.1) is 19.8 Å². The van der Waals surface area contributed by atoms with E-state index in [1.165, 1.54) is 32.1 Å². The van der Waals surface area contributed by atoms with Crippen LogP contribution < -0.4 is 10.5 Å². The molecule has 0 bridgehead atoms. The van der Waals surface area contributed by atoms with Gasteiger partial charge >= 0.3 is 0 Å². The number of sulfonamides is 1. The van der Waals surface area contributed by atoms with Crippen LogP contribution in [0.3, 0.4) is 0 Å². The molecule has 1 aliphatic rings. The quantitative estimate of drug-likeness (QED) is 0.821. The molecule has 21 heavy (non-hydrogen) atoms. The third kappa shape index (κ3) is 4.20. The summed E-state index contributed by atoms with van der Waals surface area (Å²) < 4.78 is 27.4. The molecule has 2 rings (SSSR count). The van der Waals surface area contributed by atoms with Crippen LogP contribution in [0.15, 0.2) is 17.0 Å². The van der Waals surface area contributed by atoms with Crippen molar-refractivity contribution in [2.24, 2.45) is 5.92 Å². The molecular weight excluding hydrogens is 284 g/mol. The zero-order valence-electron chi connectivity index (χ0n) is 13.0. The monoisotopic (exact) mass is 310 g/mol. The van der Waals surface area contributed by atoms with Crippen LogP contribution in [-0.4, -0.2) is 15.0 Å². The number of nitrogens with two attached hydrogens (primary N) is 1. The van der Waals surface area contributed by atoms with Gasteiger partial charge in [0.1, 0.15) is 0 Å². The number of hydrogen-bond donors (Lipinski definition) is 2. The predicted molar refractivity (Wildman–Crippen MR) is 86.7 cm³/mol. The van der Waals surface area contributed by atoms with Crippen LogP contribution >= 0.6 is 0 Å². The minimum Gasteiger partial charge on any atom is -0.398 e. The van der Waals surface area contributed by atoms with Crippen molar-refractivity contribution in [3.8, 4) is 0 Å². The minimum atomic E-state index is -3.45. The van der Waals surface area contributed by atoms with Crippen LogP contribution in [0.2, 0.25) is 0 Å². The Morgan fingerprint density at radius 2 is 1.86 bits per heavy atom. The summed E-state index contributed by atoms with van der Waals surface area (Å²) in [4.78, 5) is 0.270. The number of aryl methyl sites for hydroxylation is 1. The standard InChI is InChI=1S/C16H26N2O2S/c1-12-10-15(11-16(17)13(12)2)21(19,20)18-9-8-14-6-4-3-5-7-14/h10-11,14,18H,3-9,17H2,1-2H3. The SMILES string of the molecule is Cc1cc(S(=O)(=O)NCCC2CCCCC2)cc(N)c1C. The molecule has 1 fully saturated rings. The molecule has 1 saturated carbocycles. The van der Waals surface area contributed by atoms with Gasteiger partial charge in [0, 0.05) is 12.2 Å². The highest BCUT2D eigenvalue weighted by Crippen LogP contribution is 2.26. The molecule has 0 amide bonds. The number of nitrogens with one attached hydrogen (secondary N) is 1. The summed E-state index contributed by atoms with van der Waals surface area (Å²) in [5, 5.41) is 0. The number of rotatable bonds is 5. The first-order valence-corrected chi connectivity index (χ1v) is 9.25. The third-order valence-corrected chi connectivity index (χ3v) is 6.00. The van der Waals surface area contributed by atoms with Crippen molar-refractivity contribution in [2.75, 3.05) is 12.3 Å². The van der Waals surface area contributed by atoms with E-state index in [1.54, 1.807) is 12.1 Å². The first-order valence-electron chi connectivity index (χ1n) is 7.76. The molecule has 0 aliphatic heterocycles. The second kappa shape index (κ2) is 6.79. The molecule has 1 aromatic carbocycles. The smallest absolute Gasteiger partial charge is 0.240 e. The molecule has 0 spiro atoms. The summed E-state index contributed by atoms with van der Waals surface area (Å²) in [6.07, 6.45) is 7.29. The van der Waals surface area contributed by atoms with Gasteiger partial charge in [0.15, 0.2) is 0 Å². The molecule has 4 nitrogen and oxygen atoms in total.